The smallest absolute Gasteiger partial charge is 0.309 e. The number of halogens is 2. The molecule has 0 spiro atoms. The molecule has 0 aliphatic heterocycles. The molecule has 1 aromatic carbocycles. The van der Waals surface area contributed by atoms with Crippen molar-refractivity contribution in [1.29, 1.82) is 0 Å². The Bertz CT molecular complexity index is 1900. The van der Waals surface area contributed by atoms with Gasteiger partial charge in [0.1, 0.15) is 11.9 Å². The Morgan fingerprint density at radius 1 is 1.00 bits per heavy atom. The molecule has 1 N–H and O–H groups in total. The van der Waals surface area contributed by atoms with E-state index >= 15 is 0 Å². The van der Waals surface area contributed by atoms with Crippen LogP contribution in [0.4, 0.5) is 4.39 Å². The zero-order valence-corrected chi connectivity index (χ0v) is 33.6. The average molecular weight is 751 g/mol. The van der Waals surface area contributed by atoms with Crippen molar-refractivity contribution in [3.8, 4) is 11.5 Å². The fourth-order valence-electron chi connectivity index (χ4n) is 12.9. The van der Waals surface area contributed by atoms with E-state index in [9.17, 15) is 23.9 Å². The molecule has 4 fully saturated rings. The van der Waals surface area contributed by atoms with Gasteiger partial charge < -0.3 is 14.3 Å². The second kappa shape index (κ2) is 12.5. The van der Waals surface area contributed by atoms with Crippen molar-refractivity contribution in [2.45, 2.75) is 138 Å². The molecule has 4 saturated carbocycles. The van der Waals surface area contributed by atoms with Gasteiger partial charge in [-0.25, -0.2) is 4.39 Å². The molecule has 2 aromatic rings. The van der Waals surface area contributed by atoms with Crippen LogP contribution < -0.4 is 0 Å². The number of carboxylic acids is 1. The quantitative estimate of drug-likeness (QED) is 0.278. The maximum absolute atomic E-state index is 14.1. The highest BCUT2D eigenvalue weighted by molar-refractivity contribution is 6.33. The monoisotopic (exact) mass is 750 g/mol. The van der Waals surface area contributed by atoms with Gasteiger partial charge in [-0.15, -0.1) is 10.2 Å². The van der Waals surface area contributed by atoms with Gasteiger partial charge in [-0.2, -0.15) is 0 Å². The van der Waals surface area contributed by atoms with E-state index in [2.05, 4.69) is 58.7 Å². The fourth-order valence-corrected chi connectivity index (χ4v) is 13.1. The van der Waals surface area contributed by atoms with Crippen LogP contribution in [-0.4, -0.2) is 39.1 Å². The molecule has 7 rings (SSSR count). The number of rotatable bonds is 7. The number of carbonyl (C=O) groups is 3. The number of fused-ring (bicyclic) bond motifs is 7. The van der Waals surface area contributed by atoms with Crippen molar-refractivity contribution < 1.29 is 33.0 Å². The van der Waals surface area contributed by atoms with Crippen molar-refractivity contribution in [2.24, 2.45) is 50.7 Å². The molecule has 5 aliphatic carbocycles. The van der Waals surface area contributed by atoms with E-state index in [1.165, 1.54) is 17.7 Å². The Balaban J connectivity index is 1.21. The Morgan fingerprint density at radius 3 is 2.38 bits per heavy atom. The van der Waals surface area contributed by atoms with Crippen LogP contribution in [0.25, 0.3) is 11.5 Å². The topological polar surface area (TPSA) is 120 Å². The van der Waals surface area contributed by atoms with E-state index in [0.717, 1.165) is 56.9 Å². The summed E-state index contributed by atoms with van der Waals surface area (Å²) in [4.78, 5) is 39.0. The minimum Gasteiger partial charge on any atom is -0.481 e. The van der Waals surface area contributed by atoms with E-state index in [0.29, 0.717) is 29.7 Å². The van der Waals surface area contributed by atoms with Crippen LogP contribution in [0.5, 0.6) is 0 Å². The standard InChI is InChI=1S/C43H56ClFN2O6/c1-23(2)33-28(48)21-43(36-47-46-35(53-36)25-11-10-24(45)20-27(25)44)19-18-41(8)26(34(33)43)12-13-30-40(7)16-15-31(52-32(49)22-38(3,4)37(50)51)39(5,6)29(40)14-17-42(30,41)9/h10-11,20,23,26,29-31H,12-19,21-22H2,1-9H3,(H,50,51)/t26?,29-,30+,31-,40-,41+,42+,43+/m0/s1. The van der Waals surface area contributed by atoms with Crippen LogP contribution in [-0.2, 0) is 24.5 Å². The molecule has 8 nitrogen and oxygen atoms in total. The van der Waals surface area contributed by atoms with Gasteiger partial charge in [0.05, 0.1) is 27.8 Å². The number of hydrogen-bond acceptors (Lipinski definition) is 7. The number of benzene rings is 1. The zero-order chi connectivity index (χ0) is 38.7. The van der Waals surface area contributed by atoms with Crippen LogP contribution >= 0.6 is 11.6 Å². The van der Waals surface area contributed by atoms with Gasteiger partial charge in [0.25, 0.3) is 0 Å². The predicted molar refractivity (Wildman–Crippen MR) is 199 cm³/mol. The molecule has 8 atom stereocenters. The molecule has 0 saturated heterocycles. The van der Waals surface area contributed by atoms with E-state index in [-0.39, 0.29) is 62.7 Å². The number of ketones is 1. The fraction of sp³-hybridized carbons (Fsp3) is 0.698. The minimum absolute atomic E-state index is 0.000792. The third kappa shape index (κ3) is 5.50. The number of carbonyl (C=O) groups excluding carboxylic acids is 2. The molecule has 0 amide bonds. The first-order valence-corrected chi connectivity index (χ1v) is 20.0. The van der Waals surface area contributed by atoms with Crippen LogP contribution in [0.3, 0.4) is 0 Å². The lowest BCUT2D eigenvalue weighted by Gasteiger charge is -2.72. The Morgan fingerprint density at radius 2 is 1.72 bits per heavy atom. The second-order valence-corrected chi connectivity index (χ2v) is 19.9. The lowest BCUT2D eigenvalue weighted by atomic mass is 9.33. The number of ether oxygens (including phenoxy) is 1. The number of aromatic nitrogens is 2. The molecule has 10 heteroatoms. The van der Waals surface area contributed by atoms with Crippen molar-refractivity contribution in [2.75, 3.05) is 0 Å². The van der Waals surface area contributed by atoms with Crippen molar-refractivity contribution >= 4 is 29.3 Å². The summed E-state index contributed by atoms with van der Waals surface area (Å²) in [6, 6.07) is 4.12. The van der Waals surface area contributed by atoms with Gasteiger partial charge in [-0.3, -0.25) is 14.4 Å². The molecule has 5 aliphatic rings. The van der Waals surface area contributed by atoms with Crippen molar-refractivity contribution in [3.05, 3.63) is 46.1 Å². The Kier molecular flexibility index (Phi) is 8.99. The number of esters is 1. The minimum atomic E-state index is -1.18. The van der Waals surface area contributed by atoms with Gasteiger partial charge in [0.2, 0.25) is 11.8 Å². The highest BCUT2D eigenvalue weighted by Crippen LogP contribution is 2.76. The summed E-state index contributed by atoms with van der Waals surface area (Å²) in [5, 5.41) is 18.8. The molecule has 1 aromatic heterocycles. The first-order chi connectivity index (χ1) is 24.6. The Labute approximate surface area is 318 Å². The third-order valence-corrected chi connectivity index (χ3v) is 16.1. The maximum Gasteiger partial charge on any atom is 0.309 e. The first kappa shape index (κ1) is 38.2. The molecule has 288 valence electrons. The SMILES string of the molecule is CC(C)C1=C2C3CC[C@@H]4[C@@]5(C)CC[C@H](OC(=O)CC(C)(C)C(=O)O)C(C)(C)[C@@H]5CC[C@@]4(C)[C@]3(C)CC[C@@]2(c2nnc(-c3ccc(F)cc3Cl)o2)CC1=O. The zero-order valence-electron chi connectivity index (χ0n) is 32.8. The van der Waals surface area contributed by atoms with E-state index in [1.807, 2.05) is 0 Å². The van der Waals surface area contributed by atoms with Crippen molar-refractivity contribution in [1.82, 2.24) is 10.2 Å². The van der Waals surface area contributed by atoms with Gasteiger partial charge >= 0.3 is 11.9 Å². The van der Waals surface area contributed by atoms with E-state index in [1.54, 1.807) is 19.9 Å². The van der Waals surface area contributed by atoms with E-state index < -0.39 is 28.6 Å². The Hall–Kier alpha value is -3.07. The first-order valence-electron chi connectivity index (χ1n) is 19.6. The van der Waals surface area contributed by atoms with Gasteiger partial charge in [-0.05, 0) is 134 Å². The molecule has 1 unspecified atom stereocenters. The predicted octanol–water partition coefficient (Wildman–Crippen LogP) is 10.2. The summed E-state index contributed by atoms with van der Waals surface area (Å²) < 4.78 is 26.5. The highest BCUT2D eigenvalue weighted by atomic mass is 35.5. The summed E-state index contributed by atoms with van der Waals surface area (Å²) in [7, 11) is 0. The summed E-state index contributed by atoms with van der Waals surface area (Å²) in [5.41, 5.74) is 0.423. The number of carboxylic acid groups (broad SMARTS) is 1. The van der Waals surface area contributed by atoms with Crippen molar-refractivity contribution in [3.63, 3.8) is 0 Å². The molecular weight excluding hydrogens is 695 g/mol. The van der Waals surface area contributed by atoms with Crippen LogP contribution in [0.1, 0.15) is 132 Å². The number of Topliss-reactive ketones (excluding diaryl/α,β-unsaturated/α-hetero) is 1. The molecule has 1 heterocycles. The molecule has 0 bridgehead atoms. The van der Waals surface area contributed by atoms with E-state index in [4.69, 9.17) is 20.8 Å². The average Bonchev–Trinajstić information content (AvgIpc) is 3.66. The molecule has 53 heavy (non-hydrogen) atoms. The normalized spacial score (nSPS) is 36.4. The number of aliphatic carboxylic acids is 1. The van der Waals surface area contributed by atoms with Gasteiger partial charge in [0.15, 0.2) is 5.78 Å². The number of nitrogens with zero attached hydrogens (tertiary/aromatic N) is 2. The summed E-state index contributed by atoms with van der Waals surface area (Å²) in [5.74, 6) is -0.0214. The highest BCUT2D eigenvalue weighted by Gasteiger charge is 2.71. The number of hydrogen-bond donors (Lipinski definition) is 1. The largest absolute Gasteiger partial charge is 0.481 e. The molecule has 0 radical (unpaired) electrons. The third-order valence-electron chi connectivity index (χ3n) is 15.8. The summed E-state index contributed by atoms with van der Waals surface area (Å²) in [6.45, 7) is 19.4. The van der Waals surface area contributed by atoms with Crippen LogP contribution in [0.15, 0.2) is 33.8 Å². The second-order valence-electron chi connectivity index (χ2n) is 19.5. The lowest BCUT2D eigenvalue weighted by Crippen LogP contribution is -2.66. The molecular formula is C43H56ClFN2O6. The van der Waals surface area contributed by atoms with Crippen LogP contribution in [0.2, 0.25) is 5.02 Å². The lowest BCUT2D eigenvalue weighted by molar-refractivity contribution is -0.232. The summed E-state index contributed by atoms with van der Waals surface area (Å²) in [6.07, 6.45) is 7.31. The summed E-state index contributed by atoms with van der Waals surface area (Å²) >= 11 is 6.41. The number of allylic oxidation sites excluding steroid dienone is 2. The van der Waals surface area contributed by atoms with Gasteiger partial charge in [0, 0.05) is 11.8 Å². The maximum atomic E-state index is 14.1. The van der Waals surface area contributed by atoms with Gasteiger partial charge in [-0.1, -0.05) is 60.1 Å². The van der Waals surface area contributed by atoms with Crippen LogP contribution in [0, 0.1) is 56.6 Å².